The molecule has 3 aromatic carbocycles. The van der Waals surface area contributed by atoms with Crippen LogP contribution in [0.5, 0.6) is 0 Å². The normalized spacial score (nSPS) is 19.9. The minimum Gasteiger partial charge on any atom is -0.350 e. The van der Waals surface area contributed by atoms with Crippen molar-refractivity contribution in [1.29, 1.82) is 0 Å². The van der Waals surface area contributed by atoms with Gasteiger partial charge in [0.15, 0.2) is 0 Å². The SMILES string of the molecule is O=C(NCc1cc(C(F)(F)F)cc(C(F)(F)F)c1)C1c2ccccc2CN1CCN1CCC2(C=Cc3ccccc32)CC1. The Balaban J connectivity index is 1.12. The fourth-order valence-corrected chi connectivity index (χ4v) is 6.69. The number of likely N-dealkylation sites (tertiary alicyclic amines) is 1. The standard InChI is InChI=1S/C33H31F6N3O/c34-32(35,36)25-17-22(18-26(19-25)33(37,38)39)20-40-30(43)29-27-7-3-1-6-24(27)21-42(29)16-15-41-13-11-31(12-14-41)10-9-23-5-2-4-8-28(23)31/h1-10,17-19,29H,11-16,20-21H2,(H,40,43). The highest BCUT2D eigenvalue weighted by Crippen LogP contribution is 2.44. The second-order valence-corrected chi connectivity index (χ2v) is 11.6. The molecule has 2 heterocycles. The summed E-state index contributed by atoms with van der Waals surface area (Å²) in [5.41, 5.74) is 1.42. The first-order chi connectivity index (χ1) is 20.4. The third-order valence-corrected chi connectivity index (χ3v) is 8.98. The van der Waals surface area contributed by atoms with Crippen molar-refractivity contribution in [2.45, 2.75) is 49.7 Å². The number of benzene rings is 3. The average Bonchev–Trinajstić information content (AvgIpc) is 3.53. The van der Waals surface area contributed by atoms with Crippen molar-refractivity contribution in [2.24, 2.45) is 0 Å². The van der Waals surface area contributed by atoms with Crippen molar-refractivity contribution in [3.63, 3.8) is 0 Å². The zero-order chi connectivity index (χ0) is 30.4. The van der Waals surface area contributed by atoms with Gasteiger partial charge in [0, 0.05) is 31.6 Å². The van der Waals surface area contributed by atoms with Crippen LogP contribution in [0.25, 0.3) is 6.08 Å². The van der Waals surface area contributed by atoms with Crippen molar-refractivity contribution in [1.82, 2.24) is 15.1 Å². The quantitative estimate of drug-likeness (QED) is 0.312. The van der Waals surface area contributed by atoms with Gasteiger partial charge in [-0.15, -0.1) is 0 Å². The van der Waals surface area contributed by atoms with E-state index in [-0.39, 0.29) is 17.0 Å². The number of allylic oxidation sites excluding steroid dienone is 1. The van der Waals surface area contributed by atoms with Gasteiger partial charge in [-0.2, -0.15) is 26.3 Å². The third kappa shape index (κ3) is 5.95. The van der Waals surface area contributed by atoms with Crippen LogP contribution < -0.4 is 5.32 Å². The van der Waals surface area contributed by atoms with E-state index in [0.717, 1.165) is 43.6 Å². The largest absolute Gasteiger partial charge is 0.416 e. The average molecular weight is 600 g/mol. The fourth-order valence-electron chi connectivity index (χ4n) is 6.69. The van der Waals surface area contributed by atoms with E-state index < -0.39 is 42.0 Å². The Morgan fingerprint density at radius 2 is 1.51 bits per heavy atom. The molecule has 226 valence electrons. The maximum atomic E-state index is 13.5. The van der Waals surface area contributed by atoms with Crippen LogP contribution in [-0.2, 0) is 35.7 Å². The number of nitrogens with zero attached hydrogens (tertiary/aromatic N) is 2. The number of rotatable bonds is 6. The molecule has 0 radical (unpaired) electrons. The Labute approximate surface area is 246 Å². The van der Waals surface area contributed by atoms with Crippen molar-refractivity contribution < 1.29 is 31.1 Å². The molecule has 2 aliphatic heterocycles. The smallest absolute Gasteiger partial charge is 0.350 e. The van der Waals surface area contributed by atoms with E-state index in [4.69, 9.17) is 0 Å². The summed E-state index contributed by atoms with van der Waals surface area (Å²) in [5, 5.41) is 2.61. The first-order valence-corrected chi connectivity index (χ1v) is 14.3. The molecule has 0 saturated carbocycles. The maximum absolute atomic E-state index is 13.5. The monoisotopic (exact) mass is 599 g/mol. The molecule has 1 spiro atoms. The van der Waals surface area contributed by atoms with E-state index in [0.29, 0.717) is 25.2 Å². The number of piperidine rings is 1. The lowest BCUT2D eigenvalue weighted by atomic mass is 9.74. The Morgan fingerprint density at radius 1 is 0.860 bits per heavy atom. The van der Waals surface area contributed by atoms with Crippen LogP contribution in [0.2, 0.25) is 0 Å². The molecule has 1 fully saturated rings. The van der Waals surface area contributed by atoms with Gasteiger partial charge in [0.2, 0.25) is 5.91 Å². The maximum Gasteiger partial charge on any atom is 0.416 e. The minimum absolute atomic E-state index is 0.0643. The Bertz CT molecular complexity index is 1510. The van der Waals surface area contributed by atoms with Gasteiger partial charge in [0.05, 0.1) is 11.1 Å². The zero-order valence-corrected chi connectivity index (χ0v) is 23.3. The van der Waals surface area contributed by atoms with Crippen LogP contribution in [0, 0.1) is 0 Å². The van der Waals surface area contributed by atoms with Crippen LogP contribution in [-0.4, -0.2) is 41.9 Å². The second kappa shape index (κ2) is 11.1. The molecule has 3 aromatic rings. The van der Waals surface area contributed by atoms with Crippen molar-refractivity contribution in [3.05, 3.63) is 112 Å². The minimum atomic E-state index is -4.95. The van der Waals surface area contributed by atoms with Gasteiger partial charge in [-0.05, 0) is 71.9 Å². The highest BCUT2D eigenvalue weighted by molar-refractivity contribution is 5.84. The van der Waals surface area contributed by atoms with E-state index in [1.165, 1.54) is 11.1 Å². The predicted molar refractivity (Wildman–Crippen MR) is 151 cm³/mol. The summed E-state index contributed by atoms with van der Waals surface area (Å²) >= 11 is 0. The Kier molecular flexibility index (Phi) is 7.62. The van der Waals surface area contributed by atoms with Crippen molar-refractivity contribution in [3.8, 4) is 0 Å². The van der Waals surface area contributed by atoms with Gasteiger partial charge < -0.3 is 10.2 Å². The van der Waals surface area contributed by atoms with E-state index >= 15 is 0 Å². The summed E-state index contributed by atoms with van der Waals surface area (Å²) in [6.45, 7) is 3.22. The zero-order valence-electron chi connectivity index (χ0n) is 23.3. The van der Waals surface area contributed by atoms with Gasteiger partial charge in [0.25, 0.3) is 0 Å². The molecule has 0 bridgehead atoms. The lowest BCUT2D eigenvalue weighted by Gasteiger charge is -2.40. The van der Waals surface area contributed by atoms with Gasteiger partial charge >= 0.3 is 12.4 Å². The molecule has 43 heavy (non-hydrogen) atoms. The number of hydrogen-bond acceptors (Lipinski definition) is 3. The van der Waals surface area contributed by atoms with E-state index in [2.05, 4.69) is 46.6 Å². The predicted octanol–water partition coefficient (Wildman–Crippen LogP) is 6.96. The highest BCUT2D eigenvalue weighted by atomic mass is 19.4. The molecule has 1 atom stereocenters. The number of amides is 1. The summed E-state index contributed by atoms with van der Waals surface area (Å²) < 4.78 is 79.9. The van der Waals surface area contributed by atoms with E-state index in [9.17, 15) is 31.1 Å². The molecule has 6 rings (SSSR count). The molecule has 3 aliphatic rings. The van der Waals surface area contributed by atoms with Crippen LogP contribution in [0.15, 0.2) is 72.8 Å². The van der Waals surface area contributed by atoms with Gasteiger partial charge in [-0.3, -0.25) is 9.69 Å². The first-order valence-electron chi connectivity index (χ1n) is 14.3. The number of carbonyl (C=O) groups is 1. The van der Waals surface area contributed by atoms with Gasteiger partial charge in [-0.25, -0.2) is 0 Å². The molecular weight excluding hydrogens is 568 g/mol. The van der Waals surface area contributed by atoms with Crippen LogP contribution in [0.1, 0.15) is 57.8 Å². The number of alkyl halides is 6. The van der Waals surface area contributed by atoms with Crippen molar-refractivity contribution >= 4 is 12.0 Å². The highest BCUT2D eigenvalue weighted by Gasteiger charge is 2.40. The van der Waals surface area contributed by atoms with Crippen LogP contribution in [0.3, 0.4) is 0 Å². The number of nitrogens with one attached hydrogen (secondary N) is 1. The van der Waals surface area contributed by atoms with Crippen LogP contribution in [0.4, 0.5) is 26.3 Å². The summed E-state index contributed by atoms with van der Waals surface area (Å²) in [4.78, 5) is 17.9. The summed E-state index contributed by atoms with van der Waals surface area (Å²) in [6, 6.07) is 16.7. The van der Waals surface area contributed by atoms with Gasteiger partial charge in [-0.1, -0.05) is 60.7 Å². The summed E-state index contributed by atoms with van der Waals surface area (Å²) in [5.74, 6) is -0.457. The lowest BCUT2D eigenvalue weighted by molar-refractivity contribution is -0.143. The number of carbonyl (C=O) groups excluding carboxylic acids is 1. The first kappa shape index (κ1) is 29.4. The number of fused-ring (bicyclic) bond motifs is 3. The van der Waals surface area contributed by atoms with Gasteiger partial charge in [0.1, 0.15) is 6.04 Å². The lowest BCUT2D eigenvalue weighted by Crippen LogP contribution is -2.45. The third-order valence-electron chi connectivity index (χ3n) is 8.98. The van der Waals surface area contributed by atoms with E-state index in [1.54, 1.807) is 0 Å². The second-order valence-electron chi connectivity index (χ2n) is 11.6. The molecular formula is C33H31F6N3O. The summed E-state index contributed by atoms with van der Waals surface area (Å²) in [6.07, 6.45) is -3.36. The molecule has 0 aromatic heterocycles. The fraction of sp³-hybridized carbons (Fsp3) is 0.364. The molecule has 4 nitrogen and oxygen atoms in total. The number of hydrogen-bond donors (Lipinski definition) is 1. The molecule has 1 N–H and O–H groups in total. The van der Waals surface area contributed by atoms with Crippen molar-refractivity contribution in [2.75, 3.05) is 26.2 Å². The molecule has 1 amide bonds. The summed E-state index contributed by atoms with van der Waals surface area (Å²) in [7, 11) is 0. The van der Waals surface area contributed by atoms with E-state index in [1.807, 2.05) is 29.2 Å². The van der Waals surface area contributed by atoms with Crippen LogP contribution >= 0.6 is 0 Å². The molecule has 1 saturated heterocycles. The molecule has 1 unspecified atom stereocenters. The molecule has 10 heteroatoms. The Hall–Kier alpha value is -3.63. The number of halogens is 6. The molecule has 1 aliphatic carbocycles. The topological polar surface area (TPSA) is 35.6 Å². The Morgan fingerprint density at radius 3 is 2.21 bits per heavy atom.